The molecule has 0 aromatic heterocycles. The summed E-state index contributed by atoms with van der Waals surface area (Å²) in [4.78, 5) is 11.8. The zero-order valence-electron chi connectivity index (χ0n) is 10.8. The molecule has 0 saturated heterocycles. The highest BCUT2D eigenvalue weighted by Gasteiger charge is 2.09. The first-order valence-corrected chi connectivity index (χ1v) is 7.17. The number of halogens is 2. The lowest BCUT2D eigenvalue weighted by atomic mass is 10.2. The Kier molecular flexibility index (Phi) is 5.04. The van der Waals surface area contributed by atoms with Gasteiger partial charge in [-0.1, -0.05) is 29.8 Å². The zero-order chi connectivity index (χ0) is 14.5. The molecule has 2 aromatic rings. The van der Waals surface area contributed by atoms with Gasteiger partial charge in [-0.3, -0.25) is 4.79 Å². The first-order chi connectivity index (χ1) is 9.58. The number of ether oxygens (including phenoxy) is 1. The summed E-state index contributed by atoms with van der Waals surface area (Å²) in [5, 5.41) is 3.40. The predicted octanol–water partition coefficient (Wildman–Crippen LogP) is 4.43. The molecule has 0 atom stereocenters. The van der Waals surface area contributed by atoms with Crippen molar-refractivity contribution in [2.45, 2.75) is 6.92 Å². The first kappa shape index (κ1) is 14.9. The maximum Gasteiger partial charge on any atom is 0.262 e. The highest BCUT2D eigenvalue weighted by Crippen LogP contribution is 2.32. The van der Waals surface area contributed by atoms with Gasteiger partial charge in [-0.25, -0.2) is 0 Å². The molecular weight excluding hydrogens is 342 g/mol. The topological polar surface area (TPSA) is 38.3 Å². The van der Waals surface area contributed by atoms with Crippen molar-refractivity contribution in [2.75, 3.05) is 11.9 Å². The van der Waals surface area contributed by atoms with Crippen LogP contribution in [0.2, 0.25) is 5.02 Å². The number of carbonyl (C=O) groups excluding carboxylic acids is 1. The SMILES string of the molecule is Cc1c(Cl)ccc(OCC(=O)Nc2ccccc2)c1Br. The number of anilines is 1. The van der Waals surface area contributed by atoms with Crippen LogP contribution < -0.4 is 10.1 Å². The standard InChI is InChI=1S/C15H13BrClNO2/c1-10-12(17)7-8-13(15(10)16)20-9-14(19)18-11-5-3-2-4-6-11/h2-8H,9H2,1H3,(H,18,19). The van der Waals surface area contributed by atoms with E-state index in [1.165, 1.54) is 0 Å². The lowest BCUT2D eigenvalue weighted by molar-refractivity contribution is -0.118. The molecule has 0 aliphatic heterocycles. The molecule has 2 rings (SSSR count). The molecule has 0 unspecified atom stereocenters. The van der Waals surface area contributed by atoms with Crippen LogP contribution in [-0.2, 0) is 4.79 Å². The van der Waals surface area contributed by atoms with Gasteiger partial charge in [0.2, 0.25) is 0 Å². The summed E-state index contributed by atoms with van der Waals surface area (Å²) in [7, 11) is 0. The summed E-state index contributed by atoms with van der Waals surface area (Å²) in [5.41, 5.74) is 1.63. The van der Waals surface area contributed by atoms with Gasteiger partial charge >= 0.3 is 0 Å². The van der Waals surface area contributed by atoms with Gasteiger partial charge in [-0.05, 0) is 52.7 Å². The van der Waals surface area contributed by atoms with E-state index in [2.05, 4.69) is 21.2 Å². The lowest BCUT2D eigenvalue weighted by Crippen LogP contribution is -2.20. The van der Waals surface area contributed by atoms with Crippen molar-refractivity contribution in [3.8, 4) is 5.75 Å². The molecule has 104 valence electrons. The van der Waals surface area contributed by atoms with Crippen LogP contribution in [0, 0.1) is 6.92 Å². The Labute approximate surface area is 131 Å². The van der Waals surface area contributed by atoms with Crippen molar-refractivity contribution in [2.24, 2.45) is 0 Å². The van der Waals surface area contributed by atoms with Crippen LogP contribution in [0.15, 0.2) is 46.9 Å². The second-order valence-corrected chi connectivity index (χ2v) is 5.39. The van der Waals surface area contributed by atoms with Gasteiger partial charge in [0.1, 0.15) is 5.75 Å². The molecule has 0 saturated carbocycles. The molecular formula is C15H13BrClNO2. The number of hydrogen-bond donors (Lipinski definition) is 1. The van der Waals surface area contributed by atoms with E-state index in [0.717, 1.165) is 15.7 Å². The number of nitrogens with one attached hydrogen (secondary N) is 1. The molecule has 0 heterocycles. The van der Waals surface area contributed by atoms with E-state index in [-0.39, 0.29) is 12.5 Å². The quantitative estimate of drug-likeness (QED) is 0.882. The van der Waals surface area contributed by atoms with E-state index in [0.29, 0.717) is 10.8 Å². The van der Waals surface area contributed by atoms with Gasteiger partial charge < -0.3 is 10.1 Å². The third kappa shape index (κ3) is 3.74. The minimum atomic E-state index is -0.212. The summed E-state index contributed by atoms with van der Waals surface area (Å²) in [6.07, 6.45) is 0. The fraction of sp³-hybridized carbons (Fsp3) is 0.133. The average molecular weight is 355 g/mol. The van der Waals surface area contributed by atoms with Crippen LogP contribution >= 0.6 is 27.5 Å². The number of benzene rings is 2. The summed E-state index contributed by atoms with van der Waals surface area (Å²) in [5.74, 6) is 0.380. The van der Waals surface area contributed by atoms with Crippen molar-refractivity contribution < 1.29 is 9.53 Å². The monoisotopic (exact) mass is 353 g/mol. The van der Waals surface area contributed by atoms with E-state index >= 15 is 0 Å². The van der Waals surface area contributed by atoms with E-state index in [1.54, 1.807) is 12.1 Å². The largest absolute Gasteiger partial charge is 0.483 e. The van der Waals surface area contributed by atoms with Crippen molar-refractivity contribution in [1.29, 1.82) is 0 Å². The molecule has 20 heavy (non-hydrogen) atoms. The fourth-order valence-corrected chi connectivity index (χ4v) is 2.34. The Balaban J connectivity index is 1.96. The van der Waals surface area contributed by atoms with Crippen LogP contribution in [0.3, 0.4) is 0 Å². The van der Waals surface area contributed by atoms with Gasteiger partial charge in [0.15, 0.2) is 6.61 Å². The number of amides is 1. The summed E-state index contributed by atoms with van der Waals surface area (Å²) >= 11 is 9.40. The number of rotatable bonds is 4. The Morgan fingerprint density at radius 2 is 1.95 bits per heavy atom. The van der Waals surface area contributed by atoms with E-state index < -0.39 is 0 Å². The molecule has 0 radical (unpaired) electrons. The minimum Gasteiger partial charge on any atom is -0.483 e. The minimum absolute atomic E-state index is 0.0609. The predicted molar refractivity (Wildman–Crippen MR) is 84.5 cm³/mol. The number of carbonyl (C=O) groups is 1. The molecule has 2 aromatic carbocycles. The van der Waals surface area contributed by atoms with Crippen molar-refractivity contribution >= 4 is 39.1 Å². The zero-order valence-corrected chi connectivity index (χ0v) is 13.2. The molecule has 5 heteroatoms. The van der Waals surface area contributed by atoms with E-state index in [1.807, 2.05) is 37.3 Å². The molecule has 0 aliphatic carbocycles. The molecule has 1 N–H and O–H groups in total. The number of para-hydroxylation sites is 1. The average Bonchev–Trinajstić information content (AvgIpc) is 2.45. The van der Waals surface area contributed by atoms with Crippen molar-refractivity contribution in [3.63, 3.8) is 0 Å². The number of hydrogen-bond acceptors (Lipinski definition) is 2. The smallest absolute Gasteiger partial charge is 0.262 e. The summed E-state index contributed by atoms with van der Waals surface area (Å²) in [6.45, 7) is 1.82. The lowest BCUT2D eigenvalue weighted by Gasteiger charge is -2.11. The fourth-order valence-electron chi connectivity index (χ4n) is 1.61. The first-order valence-electron chi connectivity index (χ1n) is 6.00. The van der Waals surface area contributed by atoms with Gasteiger partial charge in [0.05, 0.1) is 4.47 Å². The highest BCUT2D eigenvalue weighted by atomic mass is 79.9. The Hall–Kier alpha value is -1.52. The Bertz CT molecular complexity index is 617. The third-order valence-corrected chi connectivity index (χ3v) is 4.10. The summed E-state index contributed by atoms with van der Waals surface area (Å²) in [6, 6.07) is 12.7. The second kappa shape index (κ2) is 6.77. The van der Waals surface area contributed by atoms with Gasteiger partial charge in [0.25, 0.3) is 5.91 Å². The normalized spacial score (nSPS) is 10.2. The van der Waals surface area contributed by atoms with Crippen LogP contribution in [0.4, 0.5) is 5.69 Å². The third-order valence-electron chi connectivity index (χ3n) is 2.70. The van der Waals surface area contributed by atoms with E-state index in [4.69, 9.17) is 16.3 Å². The van der Waals surface area contributed by atoms with Crippen LogP contribution in [0.5, 0.6) is 5.75 Å². The maximum absolute atomic E-state index is 11.8. The summed E-state index contributed by atoms with van der Waals surface area (Å²) < 4.78 is 6.25. The highest BCUT2D eigenvalue weighted by molar-refractivity contribution is 9.10. The Morgan fingerprint density at radius 3 is 2.65 bits per heavy atom. The Morgan fingerprint density at radius 1 is 1.25 bits per heavy atom. The molecule has 3 nitrogen and oxygen atoms in total. The van der Waals surface area contributed by atoms with Crippen LogP contribution in [0.1, 0.15) is 5.56 Å². The molecule has 0 bridgehead atoms. The maximum atomic E-state index is 11.8. The molecule has 0 spiro atoms. The molecule has 0 fully saturated rings. The van der Waals surface area contributed by atoms with Crippen LogP contribution in [0.25, 0.3) is 0 Å². The van der Waals surface area contributed by atoms with Crippen LogP contribution in [-0.4, -0.2) is 12.5 Å². The second-order valence-electron chi connectivity index (χ2n) is 4.19. The van der Waals surface area contributed by atoms with Gasteiger partial charge in [-0.15, -0.1) is 0 Å². The molecule has 0 aliphatic rings. The van der Waals surface area contributed by atoms with Crippen molar-refractivity contribution in [3.05, 3.63) is 57.5 Å². The molecule has 1 amide bonds. The van der Waals surface area contributed by atoms with E-state index in [9.17, 15) is 4.79 Å². The van der Waals surface area contributed by atoms with Gasteiger partial charge in [-0.2, -0.15) is 0 Å². The van der Waals surface area contributed by atoms with Crippen molar-refractivity contribution in [1.82, 2.24) is 0 Å². The van der Waals surface area contributed by atoms with Gasteiger partial charge in [0, 0.05) is 10.7 Å².